The summed E-state index contributed by atoms with van der Waals surface area (Å²) in [6, 6.07) is 5.15. The van der Waals surface area contributed by atoms with Crippen molar-refractivity contribution in [1.29, 1.82) is 0 Å². The molecule has 2 N–H and O–H groups in total. The molecule has 3 rings (SSSR count). The van der Waals surface area contributed by atoms with Gasteiger partial charge >= 0.3 is 0 Å². The summed E-state index contributed by atoms with van der Waals surface area (Å²) in [6.45, 7) is 0. The molecule has 0 unspecified atom stereocenters. The number of aromatic nitrogens is 2. The zero-order valence-corrected chi connectivity index (χ0v) is 13.3. The van der Waals surface area contributed by atoms with Crippen molar-refractivity contribution in [2.45, 2.75) is 18.8 Å². The molecule has 1 amide bonds. The number of hydrogen-bond donors (Lipinski definition) is 2. The van der Waals surface area contributed by atoms with Gasteiger partial charge in [-0.1, -0.05) is 0 Å². The second-order valence-electron chi connectivity index (χ2n) is 5.35. The number of rotatable bonds is 6. The van der Waals surface area contributed by atoms with Crippen LogP contribution in [0, 0.1) is 0 Å². The van der Waals surface area contributed by atoms with Gasteiger partial charge in [0.25, 0.3) is 5.91 Å². The fraction of sp³-hybridized carbons (Fsp3) is 0.375. The Morgan fingerprint density at radius 3 is 2.30 bits per heavy atom. The number of benzene rings is 1. The number of anilines is 1. The number of nitrogens with zero attached hydrogens (tertiary/aromatic N) is 1. The summed E-state index contributed by atoms with van der Waals surface area (Å²) in [4.78, 5) is 12.3. The van der Waals surface area contributed by atoms with Crippen molar-refractivity contribution in [3.8, 4) is 17.2 Å². The van der Waals surface area contributed by atoms with Crippen LogP contribution in [0.3, 0.4) is 0 Å². The van der Waals surface area contributed by atoms with E-state index < -0.39 is 0 Å². The zero-order chi connectivity index (χ0) is 16.4. The molecule has 122 valence electrons. The Kier molecular flexibility index (Phi) is 4.10. The summed E-state index contributed by atoms with van der Waals surface area (Å²) in [6.07, 6.45) is 2.30. The summed E-state index contributed by atoms with van der Waals surface area (Å²) >= 11 is 0. The van der Waals surface area contributed by atoms with E-state index in [2.05, 4.69) is 15.5 Å². The van der Waals surface area contributed by atoms with E-state index in [1.165, 1.54) is 21.3 Å². The minimum atomic E-state index is -0.289. The van der Waals surface area contributed by atoms with Gasteiger partial charge in [-0.25, -0.2) is 0 Å². The molecule has 1 aliphatic carbocycles. The number of nitrogens with one attached hydrogen (secondary N) is 2. The summed E-state index contributed by atoms with van der Waals surface area (Å²) in [5.74, 6) is 1.65. The van der Waals surface area contributed by atoms with E-state index in [0.717, 1.165) is 18.5 Å². The molecule has 1 heterocycles. The first-order chi connectivity index (χ1) is 11.2. The van der Waals surface area contributed by atoms with Crippen LogP contribution in [0.15, 0.2) is 18.2 Å². The molecule has 0 radical (unpaired) electrons. The minimum Gasteiger partial charge on any atom is -0.493 e. The lowest BCUT2D eigenvalue weighted by molar-refractivity contribution is 0.102. The maximum absolute atomic E-state index is 12.3. The van der Waals surface area contributed by atoms with Crippen LogP contribution in [0.4, 0.5) is 5.69 Å². The maximum atomic E-state index is 12.3. The SMILES string of the molecule is COc1cc(NC(=O)c2cc(C3CC3)[nH]n2)cc(OC)c1OC. The van der Waals surface area contributed by atoms with Gasteiger partial charge in [0.05, 0.1) is 21.3 Å². The number of carbonyl (C=O) groups excluding carboxylic acids is 1. The zero-order valence-electron chi connectivity index (χ0n) is 13.3. The fourth-order valence-corrected chi connectivity index (χ4v) is 2.40. The summed E-state index contributed by atoms with van der Waals surface area (Å²) in [5, 5.41) is 9.78. The number of ether oxygens (including phenoxy) is 3. The van der Waals surface area contributed by atoms with Crippen LogP contribution in [0.5, 0.6) is 17.2 Å². The van der Waals surface area contributed by atoms with E-state index in [1.54, 1.807) is 18.2 Å². The summed E-state index contributed by atoms with van der Waals surface area (Å²) in [7, 11) is 4.58. The third-order valence-corrected chi connectivity index (χ3v) is 3.77. The molecular weight excluding hydrogens is 298 g/mol. The Balaban J connectivity index is 1.81. The van der Waals surface area contributed by atoms with Crippen molar-refractivity contribution >= 4 is 11.6 Å². The topological polar surface area (TPSA) is 85.5 Å². The Morgan fingerprint density at radius 2 is 1.78 bits per heavy atom. The van der Waals surface area contributed by atoms with Gasteiger partial charge in [0.1, 0.15) is 0 Å². The molecule has 1 aliphatic rings. The lowest BCUT2D eigenvalue weighted by atomic mass is 10.2. The van der Waals surface area contributed by atoms with Gasteiger partial charge in [-0.2, -0.15) is 5.10 Å². The van der Waals surface area contributed by atoms with E-state index in [0.29, 0.717) is 34.5 Å². The second-order valence-corrected chi connectivity index (χ2v) is 5.35. The highest BCUT2D eigenvalue weighted by Gasteiger charge is 2.26. The van der Waals surface area contributed by atoms with Crippen LogP contribution in [0.2, 0.25) is 0 Å². The lowest BCUT2D eigenvalue weighted by Crippen LogP contribution is -2.12. The van der Waals surface area contributed by atoms with Crippen molar-refractivity contribution in [3.05, 3.63) is 29.6 Å². The van der Waals surface area contributed by atoms with Crippen LogP contribution >= 0.6 is 0 Å². The molecule has 0 spiro atoms. The molecular formula is C16H19N3O4. The van der Waals surface area contributed by atoms with E-state index in [9.17, 15) is 4.79 Å². The van der Waals surface area contributed by atoms with Crippen LogP contribution < -0.4 is 19.5 Å². The maximum Gasteiger partial charge on any atom is 0.276 e. The van der Waals surface area contributed by atoms with Gasteiger partial charge < -0.3 is 19.5 Å². The first-order valence-corrected chi connectivity index (χ1v) is 7.33. The van der Waals surface area contributed by atoms with Crippen LogP contribution in [0.25, 0.3) is 0 Å². The van der Waals surface area contributed by atoms with Gasteiger partial charge in [0.2, 0.25) is 5.75 Å². The predicted molar refractivity (Wildman–Crippen MR) is 84.6 cm³/mol. The number of carbonyl (C=O) groups is 1. The van der Waals surface area contributed by atoms with Crippen molar-refractivity contribution in [2.24, 2.45) is 0 Å². The first kappa shape index (κ1) is 15.2. The van der Waals surface area contributed by atoms with Gasteiger partial charge in [0.15, 0.2) is 17.2 Å². The molecule has 0 aliphatic heterocycles. The van der Waals surface area contributed by atoms with E-state index >= 15 is 0 Å². The number of amides is 1. The standard InChI is InChI=1S/C16H19N3O4/c1-21-13-6-10(7-14(22-2)15(13)23-3)17-16(20)12-8-11(18-19-12)9-4-5-9/h6-9H,4-5H2,1-3H3,(H,17,20)(H,18,19). The molecule has 1 saturated carbocycles. The van der Waals surface area contributed by atoms with Gasteiger partial charge in [0, 0.05) is 29.4 Å². The predicted octanol–water partition coefficient (Wildman–Crippen LogP) is 2.57. The summed E-state index contributed by atoms with van der Waals surface area (Å²) in [5.41, 5.74) is 1.92. The van der Waals surface area contributed by atoms with Gasteiger partial charge in [-0.3, -0.25) is 9.89 Å². The Labute approximate surface area is 133 Å². The largest absolute Gasteiger partial charge is 0.493 e. The molecule has 23 heavy (non-hydrogen) atoms. The average Bonchev–Trinajstić information content (AvgIpc) is 3.30. The van der Waals surface area contributed by atoms with E-state index in [-0.39, 0.29) is 5.91 Å². The molecule has 2 aromatic rings. The number of H-pyrrole nitrogens is 1. The van der Waals surface area contributed by atoms with Crippen molar-refractivity contribution in [1.82, 2.24) is 10.2 Å². The lowest BCUT2D eigenvalue weighted by Gasteiger charge is -2.14. The smallest absolute Gasteiger partial charge is 0.276 e. The van der Waals surface area contributed by atoms with E-state index in [4.69, 9.17) is 14.2 Å². The second kappa shape index (κ2) is 6.20. The molecule has 0 bridgehead atoms. The monoisotopic (exact) mass is 317 g/mol. The molecule has 7 nitrogen and oxygen atoms in total. The third-order valence-electron chi connectivity index (χ3n) is 3.77. The minimum absolute atomic E-state index is 0.289. The van der Waals surface area contributed by atoms with Crippen molar-refractivity contribution in [2.75, 3.05) is 26.6 Å². The van der Waals surface area contributed by atoms with Gasteiger partial charge in [-0.05, 0) is 18.9 Å². The highest BCUT2D eigenvalue weighted by Crippen LogP contribution is 2.40. The van der Waals surface area contributed by atoms with Crippen molar-refractivity contribution in [3.63, 3.8) is 0 Å². The Hall–Kier alpha value is -2.70. The quantitative estimate of drug-likeness (QED) is 0.855. The van der Waals surface area contributed by atoms with Gasteiger partial charge in [-0.15, -0.1) is 0 Å². The Morgan fingerprint density at radius 1 is 1.13 bits per heavy atom. The summed E-state index contributed by atoms with van der Waals surface area (Å²) < 4.78 is 15.8. The third kappa shape index (κ3) is 3.08. The van der Waals surface area contributed by atoms with Crippen molar-refractivity contribution < 1.29 is 19.0 Å². The number of aromatic amines is 1. The van der Waals surface area contributed by atoms with Crippen LogP contribution in [-0.4, -0.2) is 37.4 Å². The first-order valence-electron chi connectivity index (χ1n) is 7.33. The highest BCUT2D eigenvalue weighted by molar-refractivity contribution is 6.03. The molecule has 7 heteroatoms. The highest BCUT2D eigenvalue weighted by atomic mass is 16.5. The molecule has 0 atom stereocenters. The van der Waals surface area contributed by atoms with Crippen LogP contribution in [0.1, 0.15) is 34.9 Å². The number of methoxy groups -OCH3 is 3. The fourth-order valence-electron chi connectivity index (χ4n) is 2.40. The average molecular weight is 317 g/mol. The molecule has 1 aromatic heterocycles. The van der Waals surface area contributed by atoms with Crippen LogP contribution in [-0.2, 0) is 0 Å². The molecule has 1 aromatic carbocycles. The molecule has 1 fully saturated rings. The normalized spacial score (nSPS) is 13.5. The Bertz CT molecular complexity index is 697. The number of hydrogen-bond acceptors (Lipinski definition) is 5. The van der Waals surface area contributed by atoms with E-state index in [1.807, 2.05) is 0 Å². The molecule has 0 saturated heterocycles.